The zero-order valence-corrected chi connectivity index (χ0v) is 13.1. The SMILES string of the molecule is C=C(NC(=O)OC(C)(C)C)/C(N)=C\C(=C)c1ccc(F)cc1. The molecule has 1 rings (SSSR count). The summed E-state index contributed by atoms with van der Waals surface area (Å²) in [4.78, 5) is 11.6. The summed E-state index contributed by atoms with van der Waals surface area (Å²) < 4.78 is 18.0. The van der Waals surface area contributed by atoms with E-state index in [1.165, 1.54) is 12.1 Å². The first kappa shape index (κ1) is 17.5. The molecule has 1 amide bonds. The number of ether oxygens (including phenoxy) is 1. The Morgan fingerprint density at radius 1 is 1.27 bits per heavy atom. The van der Waals surface area contributed by atoms with Gasteiger partial charge < -0.3 is 10.5 Å². The second-order valence-corrected chi connectivity index (χ2v) is 5.74. The Hall–Kier alpha value is -2.56. The van der Waals surface area contributed by atoms with Gasteiger partial charge in [0.2, 0.25) is 0 Å². The summed E-state index contributed by atoms with van der Waals surface area (Å²) in [5.41, 5.74) is 6.98. The van der Waals surface area contributed by atoms with E-state index in [-0.39, 0.29) is 17.2 Å². The minimum Gasteiger partial charge on any atom is -0.444 e. The fourth-order valence-electron chi connectivity index (χ4n) is 1.52. The summed E-state index contributed by atoms with van der Waals surface area (Å²) in [5.74, 6) is -0.329. The van der Waals surface area contributed by atoms with Crippen molar-refractivity contribution in [3.8, 4) is 0 Å². The van der Waals surface area contributed by atoms with E-state index in [9.17, 15) is 9.18 Å². The van der Waals surface area contributed by atoms with E-state index in [1.807, 2.05) is 0 Å². The molecule has 1 aromatic rings. The standard InChI is InChI=1S/C17H21FN2O2/c1-11(13-6-8-14(18)9-7-13)10-15(19)12(2)20-16(21)22-17(3,4)5/h6-10H,1-2,19H2,3-5H3,(H,20,21)/b15-10+. The molecule has 22 heavy (non-hydrogen) atoms. The van der Waals surface area contributed by atoms with Gasteiger partial charge in [0.15, 0.2) is 0 Å². The smallest absolute Gasteiger partial charge is 0.412 e. The van der Waals surface area contributed by atoms with E-state index in [1.54, 1.807) is 39.0 Å². The number of nitrogens with two attached hydrogens (primary N) is 1. The lowest BCUT2D eigenvalue weighted by molar-refractivity contribution is 0.0547. The summed E-state index contributed by atoms with van der Waals surface area (Å²) in [6, 6.07) is 5.84. The highest BCUT2D eigenvalue weighted by Gasteiger charge is 2.16. The Morgan fingerprint density at radius 2 is 1.82 bits per heavy atom. The fraction of sp³-hybridized carbons (Fsp3) is 0.235. The van der Waals surface area contributed by atoms with Gasteiger partial charge in [-0.3, -0.25) is 5.32 Å². The molecule has 0 aliphatic carbocycles. The molecule has 0 atom stereocenters. The minimum absolute atomic E-state index is 0.206. The maximum absolute atomic E-state index is 12.9. The summed E-state index contributed by atoms with van der Waals surface area (Å²) in [7, 11) is 0. The van der Waals surface area contributed by atoms with Gasteiger partial charge in [0.05, 0.1) is 11.4 Å². The summed E-state index contributed by atoms with van der Waals surface area (Å²) >= 11 is 0. The normalized spacial score (nSPS) is 11.7. The Balaban J connectivity index is 2.71. The van der Waals surface area contributed by atoms with Crippen molar-refractivity contribution < 1.29 is 13.9 Å². The van der Waals surface area contributed by atoms with Crippen molar-refractivity contribution in [1.82, 2.24) is 5.32 Å². The van der Waals surface area contributed by atoms with Gasteiger partial charge in [0.1, 0.15) is 11.4 Å². The lowest BCUT2D eigenvalue weighted by atomic mass is 10.1. The third kappa shape index (κ3) is 5.83. The molecule has 0 bridgehead atoms. The van der Waals surface area contributed by atoms with Crippen LogP contribution in [-0.4, -0.2) is 11.7 Å². The first-order valence-corrected chi connectivity index (χ1v) is 6.70. The van der Waals surface area contributed by atoms with Crippen molar-refractivity contribution in [3.05, 3.63) is 66.3 Å². The predicted octanol–water partition coefficient (Wildman–Crippen LogP) is 3.72. The van der Waals surface area contributed by atoms with Gasteiger partial charge in [-0.15, -0.1) is 0 Å². The van der Waals surface area contributed by atoms with Crippen molar-refractivity contribution in [3.63, 3.8) is 0 Å². The number of hydrogen-bond donors (Lipinski definition) is 2. The summed E-state index contributed by atoms with van der Waals surface area (Å²) in [5, 5.41) is 2.45. The van der Waals surface area contributed by atoms with Crippen LogP contribution in [0.4, 0.5) is 9.18 Å². The molecule has 0 unspecified atom stereocenters. The van der Waals surface area contributed by atoms with Crippen LogP contribution >= 0.6 is 0 Å². The van der Waals surface area contributed by atoms with Crippen LogP contribution in [0.2, 0.25) is 0 Å². The van der Waals surface area contributed by atoms with Crippen LogP contribution < -0.4 is 11.1 Å². The molecule has 0 saturated heterocycles. The van der Waals surface area contributed by atoms with Crippen molar-refractivity contribution in [2.24, 2.45) is 5.73 Å². The van der Waals surface area contributed by atoms with E-state index < -0.39 is 11.7 Å². The number of alkyl carbamates (subject to hydrolysis) is 1. The minimum atomic E-state index is -0.638. The van der Waals surface area contributed by atoms with Crippen molar-refractivity contribution in [2.75, 3.05) is 0 Å². The topological polar surface area (TPSA) is 64.3 Å². The monoisotopic (exact) mass is 304 g/mol. The number of nitrogens with one attached hydrogen (secondary N) is 1. The molecule has 0 aliphatic heterocycles. The zero-order chi connectivity index (χ0) is 16.9. The first-order valence-electron chi connectivity index (χ1n) is 6.70. The van der Waals surface area contributed by atoms with Gasteiger partial charge in [-0.05, 0) is 50.1 Å². The first-order chi connectivity index (χ1) is 10.1. The molecule has 118 valence electrons. The Morgan fingerprint density at radius 3 is 2.32 bits per heavy atom. The third-order valence-corrected chi connectivity index (χ3v) is 2.55. The van der Waals surface area contributed by atoms with Gasteiger partial charge in [-0.2, -0.15) is 0 Å². The van der Waals surface area contributed by atoms with Gasteiger partial charge >= 0.3 is 6.09 Å². The molecule has 0 aliphatic rings. The number of carbonyl (C=O) groups excluding carboxylic acids is 1. The van der Waals surface area contributed by atoms with Crippen LogP contribution in [0.1, 0.15) is 26.3 Å². The lowest BCUT2D eigenvalue weighted by Crippen LogP contribution is -2.33. The molecule has 0 aromatic heterocycles. The second kappa shape index (κ2) is 6.93. The van der Waals surface area contributed by atoms with E-state index in [0.29, 0.717) is 5.57 Å². The number of halogens is 1. The van der Waals surface area contributed by atoms with E-state index in [2.05, 4.69) is 18.5 Å². The molecule has 3 N–H and O–H groups in total. The molecule has 0 spiro atoms. The Labute approximate surface area is 130 Å². The van der Waals surface area contributed by atoms with Gasteiger partial charge in [-0.1, -0.05) is 25.3 Å². The molecule has 0 heterocycles. The molecule has 1 aromatic carbocycles. The van der Waals surface area contributed by atoms with Gasteiger partial charge in [-0.25, -0.2) is 9.18 Å². The molecule has 4 nitrogen and oxygen atoms in total. The summed E-state index contributed by atoms with van der Waals surface area (Å²) in [6.07, 6.45) is 0.911. The molecular weight excluding hydrogens is 283 g/mol. The average molecular weight is 304 g/mol. The predicted molar refractivity (Wildman–Crippen MR) is 86.2 cm³/mol. The van der Waals surface area contributed by atoms with Crippen molar-refractivity contribution in [1.29, 1.82) is 0 Å². The Kier molecular flexibility index (Phi) is 5.51. The van der Waals surface area contributed by atoms with Crippen LogP contribution in [0.5, 0.6) is 0 Å². The highest BCUT2D eigenvalue weighted by atomic mass is 19.1. The van der Waals surface area contributed by atoms with E-state index in [0.717, 1.165) is 5.56 Å². The summed E-state index contributed by atoms with van der Waals surface area (Å²) in [6.45, 7) is 12.8. The third-order valence-electron chi connectivity index (χ3n) is 2.55. The zero-order valence-electron chi connectivity index (χ0n) is 13.1. The van der Waals surface area contributed by atoms with Crippen LogP contribution in [0.3, 0.4) is 0 Å². The van der Waals surface area contributed by atoms with E-state index >= 15 is 0 Å². The van der Waals surface area contributed by atoms with Crippen LogP contribution in [0.25, 0.3) is 5.57 Å². The van der Waals surface area contributed by atoms with Gasteiger partial charge in [0.25, 0.3) is 0 Å². The van der Waals surface area contributed by atoms with Crippen LogP contribution in [0, 0.1) is 5.82 Å². The largest absolute Gasteiger partial charge is 0.444 e. The van der Waals surface area contributed by atoms with Crippen LogP contribution in [-0.2, 0) is 4.74 Å². The van der Waals surface area contributed by atoms with Crippen molar-refractivity contribution in [2.45, 2.75) is 26.4 Å². The van der Waals surface area contributed by atoms with Crippen LogP contribution in [0.15, 0.2) is 54.9 Å². The highest BCUT2D eigenvalue weighted by molar-refractivity contribution is 5.75. The van der Waals surface area contributed by atoms with Gasteiger partial charge in [0, 0.05) is 0 Å². The molecule has 0 radical (unpaired) electrons. The molecule has 0 saturated carbocycles. The number of hydrogen-bond acceptors (Lipinski definition) is 3. The number of amides is 1. The molecular formula is C17H21FN2O2. The average Bonchev–Trinajstić information content (AvgIpc) is 2.36. The van der Waals surface area contributed by atoms with Crippen molar-refractivity contribution >= 4 is 11.7 Å². The maximum Gasteiger partial charge on any atom is 0.412 e. The quantitative estimate of drug-likeness (QED) is 0.833. The second-order valence-electron chi connectivity index (χ2n) is 5.74. The Bertz CT molecular complexity index is 611. The number of allylic oxidation sites excluding steroid dienone is 2. The van der Waals surface area contributed by atoms with E-state index in [4.69, 9.17) is 10.5 Å². The number of carbonyl (C=O) groups is 1. The lowest BCUT2D eigenvalue weighted by Gasteiger charge is -2.20. The highest BCUT2D eigenvalue weighted by Crippen LogP contribution is 2.16. The number of rotatable bonds is 4. The maximum atomic E-state index is 12.9. The fourth-order valence-corrected chi connectivity index (χ4v) is 1.52. The molecule has 0 fully saturated rings. The molecule has 5 heteroatoms. The number of benzene rings is 1.